The third kappa shape index (κ3) is 4.28. The molecule has 176 valence electrons. The summed E-state index contributed by atoms with van der Waals surface area (Å²) in [5.41, 5.74) is 3.75. The maximum absolute atomic E-state index is 13.7. The number of hydrogen-bond donors (Lipinski definition) is 0. The lowest BCUT2D eigenvalue weighted by Gasteiger charge is -2.39. The van der Waals surface area contributed by atoms with Crippen LogP contribution in [0.2, 0.25) is 0 Å². The van der Waals surface area contributed by atoms with Crippen LogP contribution in [0.3, 0.4) is 0 Å². The number of fused-ring (bicyclic) bond motifs is 2. The number of piperidine rings is 1. The van der Waals surface area contributed by atoms with Crippen molar-refractivity contribution < 1.29 is 22.7 Å². The molecule has 34 heavy (non-hydrogen) atoms. The number of hydrogen-bond acceptors (Lipinski definition) is 6. The van der Waals surface area contributed by atoms with Crippen LogP contribution in [0.4, 0.5) is 13.2 Å². The summed E-state index contributed by atoms with van der Waals surface area (Å²) < 4.78 is 46.6. The van der Waals surface area contributed by atoms with E-state index in [1.165, 1.54) is 19.2 Å². The van der Waals surface area contributed by atoms with Crippen molar-refractivity contribution in [2.45, 2.75) is 31.6 Å². The summed E-state index contributed by atoms with van der Waals surface area (Å²) in [5.74, 6) is -2.36. The number of nitrogens with zero attached hydrogens (tertiary/aromatic N) is 4. The van der Waals surface area contributed by atoms with Gasteiger partial charge >= 0.3 is 0 Å². The average Bonchev–Trinajstić information content (AvgIpc) is 3.18. The Bertz CT molecular complexity index is 1230. The number of likely N-dealkylation sites (tertiary alicyclic amines) is 1. The van der Waals surface area contributed by atoms with E-state index in [2.05, 4.69) is 20.0 Å². The second kappa shape index (κ2) is 9.15. The van der Waals surface area contributed by atoms with Crippen LogP contribution < -0.4 is 0 Å². The number of rotatable bonds is 5. The van der Waals surface area contributed by atoms with Crippen LogP contribution in [0.25, 0.3) is 0 Å². The highest BCUT2D eigenvalue weighted by Gasteiger charge is 2.43. The van der Waals surface area contributed by atoms with E-state index in [1.54, 1.807) is 12.4 Å². The highest BCUT2D eigenvalue weighted by molar-refractivity contribution is 6.12. The van der Waals surface area contributed by atoms with Crippen molar-refractivity contribution in [1.82, 2.24) is 14.9 Å². The van der Waals surface area contributed by atoms with Gasteiger partial charge in [-0.2, -0.15) is 4.39 Å². The van der Waals surface area contributed by atoms with Gasteiger partial charge in [-0.05, 0) is 54.8 Å². The Morgan fingerprint density at radius 3 is 2.53 bits per heavy atom. The molecular weight excluding hydrogens is 445 g/mol. The number of aromatic nitrogens is 2. The molecule has 1 aromatic carbocycles. The molecule has 0 radical (unpaired) electrons. The zero-order chi connectivity index (χ0) is 23.7. The molecule has 0 unspecified atom stereocenters. The molecule has 1 saturated heterocycles. The lowest BCUT2D eigenvalue weighted by Crippen LogP contribution is -2.42. The Labute approximate surface area is 195 Å². The Kier molecular flexibility index (Phi) is 6.05. The summed E-state index contributed by atoms with van der Waals surface area (Å²) in [6, 6.07) is 8.77. The van der Waals surface area contributed by atoms with Crippen LogP contribution in [-0.4, -0.2) is 40.8 Å². The third-order valence-corrected chi connectivity index (χ3v) is 6.47. The lowest BCUT2D eigenvalue weighted by molar-refractivity contribution is -0.0801. The molecule has 0 N–H and O–H groups in total. The molecule has 3 aromatic rings. The molecule has 1 spiro atoms. The smallest absolute Gasteiger partial charge is 0.213 e. The summed E-state index contributed by atoms with van der Waals surface area (Å²) in [4.78, 5) is 15.6. The van der Waals surface area contributed by atoms with Crippen molar-refractivity contribution in [2.24, 2.45) is 5.16 Å². The first-order valence-electron chi connectivity index (χ1n) is 11.0. The number of ether oxygens (including phenoxy) is 1. The van der Waals surface area contributed by atoms with Crippen LogP contribution in [0.1, 0.15) is 40.8 Å². The molecule has 2 aromatic heterocycles. The van der Waals surface area contributed by atoms with E-state index >= 15 is 0 Å². The van der Waals surface area contributed by atoms with Gasteiger partial charge in [-0.25, -0.2) is 13.8 Å². The molecule has 0 aliphatic carbocycles. The Morgan fingerprint density at radius 2 is 1.82 bits per heavy atom. The van der Waals surface area contributed by atoms with E-state index in [-0.39, 0.29) is 5.60 Å². The van der Waals surface area contributed by atoms with E-state index in [4.69, 9.17) is 9.57 Å². The molecule has 9 heteroatoms. The minimum Gasteiger partial charge on any atom is -0.399 e. The van der Waals surface area contributed by atoms with Crippen molar-refractivity contribution in [3.63, 3.8) is 0 Å². The minimum atomic E-state index is -0.955. The second-order valence-electron chi connectivity index (χ2n) is 8.51. The summed E-state index contributed by atoms with van der Waals surface area (Å²) in [5, 5.41) is 3.98. The molecule has 1 fully saturated rings. The molecule has 6 nitrogen and oxygen atoms in total. The number of halogens is 3. The Hall–Kier alpha value is -3.30. The van der Waals surface area contributed by atoms with Gasteiger partial charge in [-0.1, -0.05) is 5.16 Å². The molecule has 0 atom stereocenters. The highest BCUT2D eigenvalue weighted by Crippen LogP contribution is 2.44. The van der Waals surface area contributed by atoms with Crippen LogP contribution in [0.15, 0.2) is 53.9 Å². The number of benzene rings is 1. The van der Waals surface area contributed by atoms with Gasteiger partial charge in [-0.3, -0.25) is 9.88 Å². The van der Waals surface area contributed by atoms with E-state index in [0.717, 1.165) is 54.9 Å². The largest absolute Gasteiger partial charge is 0.399 e. The monoisotopic (exact) mass is 468 g/mol. The maximum Gasteiger partial charge on any atom is 0.213 e. The second-order valence-corrected chi connectivity index (χ2v) is 8.51. The Balaban J connectivity index is 1.26. The molecule has 4 heterocycles. The fourth-order valence-corrected chi connectivity index (χ4v) is 4.67. The van der Waals surface area contributed by atoms with Gasteiger partial charge in [0, 0.05) is 48.7 Å². The van der Waals surface area contributed by atoms with Gasteiger partial charge in [-0.15, -0.1) is 0 Å². The lowest BCUT2D eigenvalue weighted by atomic mass is 9.84. The van der Waals surface area contributed by atoms with Crippen LogP contribution in [0, 0.1) is 17.6 Å². The fraction of sp³-hybridized carbons (Fsp3) is 0.320. The molecule has 0 bridgehead atoms. The molecule has 5 rings (SSSR count). The average molecular weight is 468 g/mol. The van der Waals surface area contributed by atoms with Crippen molar-refractivity contribution in [3.05, 3.63) is 94.3 Å². The van der Waals surface area contributed by atoms with Crippen molar-refractivity contribution in [2.75, 3.05) is 20.2 Å². The SMILES string of the molecule is CO/N=C(/c1ccc(CN2CCC3(CC2)OCc2cc(F)ncc23)nc1)c1ccc(F)c(F)c1. The van der Waals surface area contributed by atoms with Gasteiger partial charge in [0.2, 0.25) is 5.95 Å². The molecule has 0 saturated carbocycles. The van der Waals surface area contributed by atoms with Gasteiger partial charge in [0.1, 0.15) is 12.8 Å². The van der Waals surface area contributed by atoms with Crippen LogP contribution in [-0.2, 0) is 28.3 Å². The first-order valence-corrected chi connectivity index (χ1v) is 11.0. The maximum atomic E-state index is 13.7. The van der Waals surface area contributed by atoms with E-state index in [1.807, 2.05) is 12.1 Å². The fourth-order valence-electron chi connectivity index (χ4n) is 4.67. The normalized spacial score (nSPS) is 17.7. The zero-order valence-corrected chi connectivity index (χ0v) is 18.6. The predicted molar refractivity (Wildman–Crippen MR) is 118 cm³/mol. The number of pyridine rings is 2. The van der Waals surface area contributed by atoms with Gasteiger partial charge in [0.25, 0.3) is 0 Å². The predicted octanol–water partition coefficient (Wildman–Crippen LogP) is 4.31. The van der Waals surface area contributed by atoms with E-state index in [9.17, 15) is 13.2 Å². The third-order valence-electron chi connectivity index (χ3n) is 6.47. The standard InChI is InChI=1S/C25H23F3N4O2/c1-33-31-24(16-3-5-21(26)22(27)10-16)17-2-4-19(29-12-17)14-32-8-6-25(7-9-32)20-13-30-23(28)11-18(20)15-34-25/h2-5,10-13H,6-9,14-15H2,1H3/b31-24+. The first-order chi connectivity index (χ1) is 16.5. The quantitative estimate of drug-likeness (QED) is 0.317. The van der Waals surface area contributed by atoms with Gasteiger partial charge in [0.15, 0.2) is 11.6 Å². The van der Waals surface area contributed by atoms with Crippen LogP contribution in [0.5, 0.6) is 0 Å². The molecule has 2 aliphatic rings. The summed E-state index contributed by atoms with van der Waals surface area (Å²) >= 11 is 0. The van der Waals surface area contributed by atoms with Crippen molar-refractivity contribution in [3.8, 4) is 0 Å². The van der Waals surface area contributed by atoms with Crippen LogP contribution >= 0.6 is 0 Å². The molecular formula is C25H23F3N4O2. The van der Waals surface area contributed by atoms with E-state index in [0.29, 0.717) is 30.0 Å². The summed E-state index contributed by atoms with van der Waals surface area (Å²) in [6.45, 7) is 2.70. The van der Waals surface area contributed by atoms with Gasteiger partial charge < -0.3 is 9.57 Å². The number of oxime groups is 1. The van der Waals surface area contributed by atoms with Gasteiger partial charge in [0.05, 0.1) is 17.9 Å². The first kappa shape index (κ1) is 22.5. The highest BCUT2D eigenvalue weighted by atomic mass is 19.2. The summed E-state index contributed by atoms with van der Waals surface area (Å²) in [6.07, 6.45) is 4.86. The zero-order valence-electron chi connectivity index (χ0n) is 18.6. The molecule has 0 amide bonds. The Morgan fingerprint density at radius 1 is 1.03 bits per heavy atom. The molecule has 2 aliphatic heterocycles. The van der Waals surface area contributed by atoms with E-state index < -0.39 is 17.6 Å². The topological polar surface area (TPSA) is 59.8 Å². The minimum absolute atomic E-state index is 0.363. The summed E-state index contributed by atoms with van der Waals surface area (Å²) in [7, 11) is 1.39. The van der Waals surface area contributed by atoms with Crippen molar-refractivity contribution >= 4 is 5.71 Å². The van der Waals surface area contributed by atoms with Crippen molar-refractivity contribution in [1.29, 1.82) is 0 Å².